The van der Waals surface area contributed by atoms with Gasteiger partial charge in [0, 0.05) is 19.2 Å². The van der Waals surface area contributed by atoms with Gasteiger partial charge >= 0.3 is 0 Å². The first-order chi connectivity index (χ1) is 9.85. The highest BCUT2D eigenvalue weighted by Crippen LogP contribution is 2.21. The SMILES string of the molecule is CCc1c(NC)ncnc1NCCOC1CCCCC1. The summed E-state index contributed by atoms with van der Waals surface area (Å²) in [5.41, 5.74) is 1.13. The van der Waals surface area contributed by atoms with Crippen LogP contribution >= 0.6 is 0 Å². The van der Waals surface area contributed by atoms with Crippen molar-refractivity contribution in [3.05, 3.63) is 11.9 Å². The predicted octanol–water partition coefficient (Wildman–Crippen LogP) is 2.84. The third-order valence-electron chi connectivity index (χ3n) is 3.84. The molecule has 112 valence electrons. The fourth-order valence-corrected chi connectivity index (χ4v) is 2.74. The highest BCUT2D eigenvalue weighted by atomic mass is 16.5. The van der Waals surface area contributed by atoms with Gasteiger partial charge in [0.05, 0.1) is 12.7 Å². The Kier molecular flexibility index (Phi) is 6.05. The van der Waals surface area contributed by atoms with Crippen molar-refractivity contribution in [1.82, 2.24) is 9.97 Å². The summed E-state index contributed by atoms with van der Waals surface area (Å²) in [7, 11) is 1.89. The van der Waals surface area contributed by atoms with E-state index >= 15 is 0 Å². The lowest BCUT2D eigenvalue weighted by atomic mass is 9.98. The topological polar surface area (TPSA) is 59.1 Å². The molecule has 0 radical (unpaired) electrons. The molecule has 1 fully saturated rings. The molecule has 1 aromatic heterocycles. The molecule has 1 aromatic rings. The number of rotatable bonds is 7. The van der Waals surface area contributed by atoms with Crippen molar-refractivity contribution in [3.63, 3.8) is 0 Å². The van der Waals surface area contributed by atoms with Gasteiger partial charge in [0.25, 0.3) is 0 Å². The average Bonchev–Trinajstić information content (AvgIpc) is 2.52. The fraction of sp³-hybridized carbons (Fsp3) is 0.733. The lowest BCUT2D eigenvalue weighted by molar-refractivity contribution is 0.0347. The number of hydrogen-bond donors (Lipinski definition) is 2. The first kappa shape index (κ1) is 15.0. The normalized spacial score (nSPS) is 16.1. The van der Waals surface area contributed by atoms with Gasteiger partial charge in [-0.2, -0.15) is 0 Å². The summed E-state index contributed by atoms with van der Waals surface area (Å²) in [6.45, 7) is 3.65. The number of anilines is 2. The maximum atomic E-state index is 5.91. The van der Waals surface area contributed by atoms with E-state index in [0.29, 0.717) is 6.10 Å². The van der Waals surface area contributed by atoms with Crippen LogP contribution in [0.5, 0.6) is 0 Å². The van der Waals surface area contributed by atoms with Gasteiger partial charge in [-0.1, -0.05) is 26.2 Å². The second kappa shape index (κ2) is 8.04. The molecular formula is C15H26N4O. The molecule has 0 spiro atoms. The Morgan fingerprint density at radius 3 is 2.65 bits per heavy atom. The van der Waals surface area contributed by atoms with Gasteiger partial charge in [-0.3, -0.25) is 0 Å². The lowest BCUT2D eigenvalue weighted by Gasteiger charge is -2.22. The van der Waals surface area contributed by atoms with Crippen molar-refractivity contribution in [3.8, 4) is 0 Å². The van der Waals surface area contributed by atoms with Crippen LogP contribution in [0.1, 0.15) is 44.6 Å². The maximum Gasteiger partial charge on any atom is 0.134 e. The maximum absolute atomic E-state index is 5.91. The molecule has 0 unspecified atom stereocenters. The van der Waals surface area contributed by atoms with Crippen LogP contribution in [0, 0.1) is 0 Å². The Labute approximate surface area is 121 Å². The van der Waals surface area contributed by atoms with Gasteiger partial charge in [0.15, 0.2) is 0 Å². The third-order valence-corrected chi connectivity index (χ3v) is 3.84. The molecule has 0 saturated heterocycles. The van der Waals surface area contributed by atoms with E-state index in [1.165, 1.54) is 32.1 Å². The molecular weight excluding hydrogens is 252 g/mol. The second-order valence-corrected chi connectivity index (χ2v) is 5.21. The minimum atomic E-state index is 0.467. The van der Waals surface area contributed by atoms with E-state index < -0.39 is 0 Å². The molecule has 2 N–H and O–H groups in total. The predicted molar refractivity (Wildman–Crippen MR) is 82.3 cm³/mol. The van der Waals surface area contributed by atoms with Crippen molar-refractivity contribution >= 4 is 11.6 Å². The molecule has 0 bridgehead atoms. The zero-order chi connectivity index (χ0) is 14.2. The van der Waals surface area contributed by atoms with Gasteiger partial charge in [0.1, 0.15) is 18.0 Å². The van der Waals surface area contributed by atoms with E-state index in [2.05, 4.69) is 27.5 Å². The average molecular weight is 278 g/mol. The monoisotopic (exact) mass is 278 g/mol. The molecule has 0 atom stereocenters. The van der Waals surface area contributed by atoms with Crippen LogP contribution in [0.15, 0.2) is 6.33 Å². The first-order valence-electron chi connectivity index (χ1n) is 7.72. The van der Waals surface area contributed by atoms with Crippen LogP contribution in [0.3, 0.4) is 0 Å². The molecule has 5 heteroatoms. The van der Waals surface area contributed by atoms with E-state index in [9.17, 15) is 0 Å². The van der Waals surface area contributed by atoms with Crippen molar-refractivity contribution in [2.75, 3.05) is 30.8 Å². The number of hydrogen-bond acceptors (Lipinski definition) is 5. The molecule has 0 aliphatic heterocycles. The molecule has 1 saturated carbocycles. The molecule has 20 heavy (non-hydrogen) atoms. The van der Waals surface area contributed by atoms with Gasteiger partial charge in [-0.15, -0.1) is 0 Å². The van der Waals surface area contributed by atoms with Gasteiger partial charge in [-0.05, 0) is 19.3 Å². The largest absolute Gasteiger partial charge is 0.376 e. The second-order valence-electron chi connectivity index (χ2n) is 5.21. The Hall–Kier alpha value is -1.36. The van der Waals surface area contributed by atoms with Gasteiger partial charge in [0.2, 0.25) is 0 Å². The number of nitrogens with zero attached hydrogens (tertiary/aromatic N) is 2. The number of ether oxygens (including phenoxy) is 1. The summed E-state index contributed by atoms with van der Waals surface area (Å²) in [5.74, 6) is 1.82. The van der Waals surface area contributed by atoms with Crippen LogP contribution in [-0.2, 0) is 11.2 Å². The van der Waals surface area contributed by atoms with Gasteiger partial charge < -0.3 is 15.4 Å². The summed E-state index contributed by atoms with van der Waals surface area (Å²) in [5, 5.41) is 6.47. The molecule has 1 heterocycles. The number of nitrogens with one attached hydrogen (secondary N) is 2. The summed E-state index contributed by atoms with van der Waals surface area (Å²) in [4.78, 5) is 8.56. The Morgan fingerprint density at radius 2 is 1.95 bits per heavy atom. The Balaban J connectivity index is 1.78. The van der Waals surface area contributed by atoms with Crippen molar-refractivity contribution < 1.29 is 4.74 Å². The molecule has 2 rings (SSSR count). The van der Waals surface area contributed by atoms with Crippen LogP contribution < -0.4 is 10.6 Å². The van der Waals surface area contributed by atoms with Crippen molar-refractivity contribution in [2.45, 2.75) is 51.6 Å². The van der Waals surface area contributed by atoms with E-state index in [1.807, 2.05) is 7.05 Å². The fourth-order valence-electron chi connectivity index (χ4n) is 2.74. The standard InChI is InChI=1S/C15H26N4O/c1-3-13-14(16-2)18-11-19-15(13)17-9-10-20-12-7-5-4-6-8-12/h11-12H,3-10H2,1-2H3,(H2,16,17,18,19). The lowest BCUT2D eigenvalue weighted by Crippen LogP contribution is -2.21. The first-order valence-corrected chi connectivity index (χ1v) is 7.72. The van der Waals surface area contributed by atoms with Gasteiger partial charge in [-0.25, -0.2) is 9.97 Å². The van der Waals surface area contributed by atoms with Crippen LogP contribution in [0.4, 0.5) is 11.6 Å². The van der Waals surface area contributed by atoms with E-state index in [-0.39, 0.29) is 0 Å². The highest BCUT2D eigenvalue weighted by molar-refractivity contribution is 5.56. The van der Waals surface area contributed by atoms with Crippen LogP contribution in [0.2, 0.25) is 0 Å². The highest BCUT2D eigenvalue weighted by Gasteiger charge is 2.13. The minimum Gasteiger partial charge on any atom is -0.376 e. The summed E-state index contributed by atoms with van der Waals surface area (Å²) < 4.78 is 5.91. The zero-order valence-corrected chi connectivity index (χ0v) is 12.6. The molecule has 0 amide bonds. The molecule has 5 nitrogen and oxygen atoms in total. The van der Waals surface area contributed by atoms with Crippen molar-refractivity contribution in [1.29, 1.82) is 0 Å². The molecule has 0 aromatic carbocycles. The Bertz CT molecular complexity index is 405. The zero-order valence-electron chi connectivity index (χ0n) is 12.6. The quantitative estimate of drug-likeness (QED) is 0.751. The summed E-state index contributed by atoms with van der Waals surface area (Å²) >= 11 is 0. The van der Waals surface area contributed by atoms with Crippen LogP contribution in [0.25, 0.3) is 0 Å². The third kappa shape index (κ3) is 4.07. The van der Waals surface area contributed by atoms with E-state index in [1.54, 1.807) is 6.33 Å². The molecule has 1 aliphatic carbocycles. The smallest absolute Gasteiger partial charge is 0.134 e. The number of aromatic nitrogens is 2. The van der Waals surface area contributed by atoms with E-state index in [0.717, 1.165) is 36.8 Å². The van der Waals surface area contributed by atoms with Crippen LogP contribution in [-0.4, -0.2) is 36.3 Å². The van der Waals surface area contributed by atoms with Crippen molar-refractivity contribution in [2.24, 2.45) is 0 Å². The summed E-state index contributed by atoms with van der Waals surface area (Å²) in [6, 6.07) is 0. The minimum absolute atomic E-state index is 0.467. The Morgan fingerprint density at radius 1 is 1.20 bits per heavy atom. The van der Waals surface area contributed by atoms with E-state index in [4.69, 9.17) is 4.74 Å². The molecule has 1 aliphatic rings. The summed E-state index contributed by atoms with van der Waals surface area (Å²) in [6.07, 6.45) is 9.40.